The van der Waals surface area contributed by atoms with Crippen molar-refractivity contribution >= 4 is 5.69 Å². The maximum atomic E-state index is 10.9. The molecule has 1 aromatic heterocycles. The van der Waals surface area contributed by atoms with Crippen LogP contribution in [0.25, 0.3) is 0 Å². The molecule has 1 aliphatic rings. The summed E-state index contributed by atoms with van der Waals surface area (Å²) in [5, 5.41) is 10.9. The van der Waals surface area contributed by atoms with Crippen LogP contribution in [-0.4, -0.2) is 37.6 Å². The van der Waals surface area contributed by atoms with Crippen LogP contribution in [0.5, 0.6) is 0 Å². The Morgan fingerprint density at radius 3 is 2.33 bits per heavy atom. The number of nitrogens with zero attached hydrogens (tertiary/aromatic N) is 3. The zero-order valence-electron chi connectivity index (χ0n) is 9.09. The molecule has 0 atom stereocenters. The molecule has 2 rings (SSSR count). The molecule has 0 saturated carbocycles. The Bertz CT molecular complexity index is 304. The Hall–Kier alpha value is -1.29. The summed E-state index contributed by atoms with van der Waals surface area (Å²) in [5.41, 5.74) is 1.15. The molecule has 4 heteroatoms. The highest BCUT2D eigenvalue weighted by atomic mass is 16.5. The van der Waals surface area contributed by atoms with Crippen molar-refractivity contribution in [2.75, 3.05) is 37.6 Å². The third-order valence-corrected chi connectivity index (χ3v) is 2.97. The number of piperazine rings is 1. The highest BCUT2D eigenvalue weighted by Crippen LogP contribution is 2.13. The van der Waals surface area contributed by atoms with Crippen LogP contribution in [0, 0.1) is 5.21 Å². The van der Waals surface area contributed by atoms with Crippen LogP contribution in [0.15, 0.2) is 24.5 Å². The maximum Gasteiger partial charge on any atom is 0.182 e. The molecule has 0 bridgehead atoms. The molecule has 2 heterocycles. The van der Waals surface area contributed by atoms with Gasteiger partial charge in [-0.15, -0.1) is 0 Å². The van der Waals surface area contributed by atoms with E-state index in [4.69, 9.17) is 0 Å². The number of rotatable bonds is 2. The van der Waals surface area contributed by atoms with Crippen molar-refractivity contribution in [3.05, 3.63) is 29.7 Å². The number of likely N-dealkylation sites (N-methyl/N-ethyl adjacent to an activating group) is 1. The minimum absolute atomic E-state index is 0.825. The zero-order valence-corrected chi connectivity index (χ0v) is 9.09. The monoisotopic (exact) mass is 207 g/mol. The Balaban J connectivity index is 1.98. The van der Waals surface area contributed by atoms with Crippen LogP contribution in [0.4, 0.5) is 5.69 Å². The highest BCUT2D eigenvalue weighted by molar-refractivity contribution is 5.44. The second kappa shape index (κ2) is 4.49. The Morgan fingerprint density at radius 1 is 1.20 bits per heavy atom. The molecule has 0 aromatic carbocycles. The zero-order chi connectivity index (χ0) is 10.7. The molecule has 1 fully saturated rings. The van der Waals surface area contributed by atoms with Gasteiger partial charge in [0.25, 0.3) is 0 Å². The van der Waals surface area contributed by atoms with Gasteiger partial charge in [0.05, 0.1) is 0 Å². The molecule has 4 nitrogen and oxygen atoms in total. The smallest absolute Gasteiger partial charge is 0.182 e. The fourth-order valence-electron chi connectivity index (χ4n) is 1.94. The molecule has 1 aromatic rings. The summed E-state index contributed by atoms with van der Waals surface area (Å²) in [6, 6.07) is 3.77. The molecule has 0 radical (unpaired) electrons. The molecule has 0 N–H and O–H groups in total. The van der Waals surface area contributed by atoms with Crippen molar-refractivity contribution in [3.8, 4) is 0 Å². The molecular formula is C11H17N3O. The quantitative estimate of drug-likeness (QED) is 0.522. The topological polar surface area (TPSA) is 33.4 Å². The minimum atomic E-state index is 0.825. The predicted molar refractivity (Wildman–Crippen MR) is 59.7 cm³/mol. The Kier molecular flexibility index (Phi) is 3.06. The van der Waals surface area contributed by atoms with Crippen LogP contribution < -0.4 is 9.63 Å². The molecule has 1 saturated heterocycles. The molecular weight excluding hydrogens is 190 g/mol. The first-order valence-electron chi connectivity index (χ1n) is 5.45. The number of hydrogen-bond donors (Lipinski definition) is 0. The lowest BCUT2D eigenvalue weighted by Crippen LogP contribution is -2.46. The summed E-state index contributed by atoms with van der Waals surface area (Å²) in [6.07, 6.45) is 3.11. The second-order valence-electron chi connectivity index (χ2n) is 3.84. The number of pyridine rings is 1. The van der Waals surface area contributed by atoms with Gasteiger partial charge < -0.3 is 15.0 Å². The van der Waals surface area contributed by atoms with E-state index in [1.807, 2.05) is 12.1 Å². The van der Waals surface area contributed by atoms with Gasteiger partial charge in [0.2, 0.25) is 0 Å². The summed E-state index contributed by atoms with van der Waals surface area (Å²) in [7, 11) is 0. The van der Waals surface area contributed by atoms with E-state index in [0.717, 1.165) is 43.1 Å². The van der Waals surface area contributed by atoms with E-state index in [9.17, 15) is 5.21 Å². The SMILES string of the molecule is CCN1CCN(c2cc[n+]([O-])cc2)CC1. The molecule has 15 heavy (non-hydrogen) atoms. The van der Waals surface area contributed by atoms with E-state index >= 15 is 0 Å². The van der Waals surface area contributed by atoms with E-state index in [1.165, 1.54) is 0 Å². The fraction of sp³-hybridized carbons (Fsp3) is 0.545. The molecule has 1 aliphatic heterocycles. The largest absolute Gasteiger partial charge is 0.619 e. The van der Waals surface area contributed by atoms with Crippen molar-refractivity contribution in [1.82, 2.24) is 4.90 Å². The average Bonchev–Trinajstić information content (AvgIpc) is 2.30. The molecule has 0 amide bonds. The van der Waals surface area contributed by atoms with E-state index in [-0.39, 0.29) is 0 Å². The van der Waals surface area contributed by atoms with Crippen LogP contribution in [-0.2, 0) is 0 Å². The van der Waals surface area contributed by atoms with Crippen LogP contribution >= 0.6 is 0 Å². The Morgan fingerprint density at radius 2 is 1.80 bits per heavy atom. The highest BCUT2D eigenvalue weighted by Gasteiger charge is 2.15. The normalized spacial score (nSPS) is 18.1. The van der Waals surface area contributed by atoms with Crippen LogP contribution in [0.1, 0.15) is 6.92 Å². The molecule has 0 spiro atoms. The van der Waals surface area contributed by atoms with Crippen LogP contribution in [0.2, 0.25) is 0 Å². The molecule has 0 unspecified atom stereocenters. The van der Waals surface area contributed by atoms with Gasteiger partial charge in [0.1, 0.15) is 0 Å². The third kappa shape index (κ3) is 2.39. The maximum absolute atomic E-state index is 10.9. The summed E-state index contributed by atoms with van der Waals surface area (Å²) in [5.74, 6) is 0. The predicted octanol–water partition coefficient (Wildman–Crippen LogP) is 0.462. The third-order valence-electron chi connectivity index (χ3n) is 2.97. The van der Waals surface area contributed by atoms with Gasteiger partial charge in [-0.25, -0.2) is 0 Å². The second-order valence-corrected chi connectivity index (χ2v) is 3.84. The lowest BCUT2D eigenvalue weighted by Gasteiger charge is -2.35. The van der Waals surface area contributed by atoms with Crippen molar-refractivity contribution in [3.63, 3.8) is 0 Å². The van der Waals surface area contributed by atoms with Gasteiger partial charge in [-0.1, -0.05) is 6.92 Å². The van der Waals surface area contributed by atoms with Crippen molar-refractivity contribution in [2.45, 2.75) is 6.92 Å². The summed E-state index contributed by atoms with van der Waals surface area (Å²) in [6.45, 7) is 7.65. The van der Waals surface area contributed by atoms with Gasteiger partial charge in [-0.3, -0.25) is 0 Å². The first-order valence-corrected chi connectivity index (χ1v) is 5.45. The minimum Gasteiger partial charge on any atom is -0.619 e. The summed E-state index contributed by atoms with van der Waals surface area (Å²) >= 11 is 0. The summed E-state index contributed by atoms with van der Waals surface area (Å²) in [4.78, 5) is 4.76. The van der Waals surface area contributed by atoms with E-state index in [1.54, 1.807) is 12.4 Å². The lowest BCUT2D eigenvalue weighted by atomic mass is 10.2. The summed E-state index contributed by atoms with van der Waals surface area (Å²) < 4.78 is 0.825. The van der Waals surface area contributed by atoms with Gasteiger partial charge in [-0.05, 0) is 6.54 Å². The number of anilines is 1. The fourth-order valence-corrected chi connectivity index (χ4v) is 1.94. The van der Waals surface area contributed by atoms with E-state index in [0.29, 0.717) is 0 Å². The average molecular weight is 207 g/mol. The number of aromatic nitrogens is 1. The van der Waals surface area contributed by atoms with E-state index < -0.39 is 0 Å². The lowest BCUT2D eigenvalue weighted by molar-refractivity contribution is -0.605. The Labute approximate surface area is 90.3 Å². The van der Waals surface area contributed by atoms with Crippen molar-refractivity contribution in [2.24, 2.45) is 0 Å². The molecule has 82 valence electrons. The first kappa shape index (κ1) is 10.2. The standard InChI is InChI=1S/C11H17N3O/c1-2-12-7-9-13(10-8-12)11-3-5-14(15)6-4-11/h3-6H,2,7-10H2,1H3. The van der Waals surface area contributed by atoms with Gasteiger partial charge in [0.15, 0.2) is 12.4 Å². The van der Waals surface area contributed by atoms with Gasteiger partial charge >= 0.3 is 0 Å². The van der Waals surface area contributed by atoms with Crippen LogP contribution in [0.3, 0.4) is 0 Å². The molecule has 0 aliphatic carbocycles. The first-order chi connectivity index (χ1) is 7.29. The van der Waals surface area contributed by atoms with Crippen molar-refractivity contribution in [1.29, 1.82) is 0 Å². The van der Waals surface area contributed by atoms with Gasteiger partial charge in [-0.2, -0.15) is 4.73 Å². The van der Waals surface area contributed by atoms with Gasteiger partial charge in [0, 0.05) is 44.0 Å². The van der Waals surface area contributed by atoms with Crippen molar-refractivity contribution < 1.29 is 4.73 Å². The van der Waals surface area contributed by atoms with E-state index in [2.05, 4.69) is 16.7 Å². The number of hydrogen-bond acceptors (Lipinski definition) is 3.